The molecule has 1 aromatic rings. The van der Waals surface area contributed by atoms with Crippen LogP contribution in [0.1, 0.15) is 18.4 Å². The molecule has 0 spiro atoms. The van der Waals surface area contributed by atoms with Gasteiger partial charge in [-0.15, -0.1) is 0 Å². The third-order valence-electron chi connectivity index (χ3n) is 1.74. The van der Waals surface area contributed by atoms with Gasteiger partial charge in [-0.05, 0) is 24.5 Å². The van der Waals surface area contributed by atoms with E-state index in [9.17, 15) is 14.5 Å². The average Bonchev–Trinajstić information content (AvgIpc) is 2.03. The van der Waals surface area contributed by atoms with Crippen molar-refractivity contribution in [2.75, 3.05) is 0 Å². The van der Waals surface area contributed by atoms with Gasteiger partial charge in [-0.3, -0.25) is 10.1 Å². The van der Waals surface area contributed by atoms with E-state index in [1.807, 2.05) is 0 Å². The molecule has 13 heavy (non-hydrogen) atoms. The molecule has 0 aromatic heterocycles. The third-order valence-corrected chi connectivity index (χ3v) is 1.74. The van der Waals surface area contributed by atoms with Crippen molar-refractivity contribution in [2.24, 2.45) is 0 Å². The molecule has 69 valence electrons. The largest absolute Gasteiger partial charge is 0.304 e. The van der Waals surface area contributed by atoms with Crippen molar-refractivity contribution in [3.05, 3.63) is 46.6 Å². The molecule has 0 fully saturated rings. The van der Waals surface area contributed by atoms with E-state index in [-0.39, 0.29) is 5.92 Å². The number of nitrogens with zero attached hydrogens (tertiary/aromatic N) is 1. The maximum Gasteiger partial charge on any atom is 0.304 e. The molecule has 0 saturated heterocycles. The van der Waals surface area contributed by atoms with Crippen LogP contribution in [0.25, 0.3) is 0 Å². The Hall–Kier alpha value is -1.45. The molecular weight excluding hydrogens is 173 g/mol. The molecule has 1 radical (unpaired) electrons. The molecule has 1 unspecified atom stereocenters. The summed E-state index contributed by atoms with van der Waals surface area (Å²) in [6.45, 7) is 5.48. The highest BCUT2D eigenvalue weighted by Crippen LogP contribution is 2.22. The van der Waals surface area contributed by atoms with E-state index in [0.717, 1.165) is 12.1 Å². The summed E-state index contributed by atoms with van der Waals surface area (Å²) >= 11 is 0. The maximum absolute atomic E-state index is 13.0. The van der Waals surface area contributed by atoms with E-state index in [1.54, 1.807) is 6.92 Å². The minimum atomic E-state index is -0.807. The molecule has 0 heterocycles. The number of nitro groups is 1. The van der Waals surface area contributed by atoms with E-state index in [4.69, 9.17) is 0 Å². The first-order chi connectivity index (χ1) is 6.02. The molecule has 3 nitrogen and oxygen atoms in total. The fourth-order valence-electron chi connectivity index (χ4n) is 0.978. The van der Waals surface area contributed by atoms with Gasteiger partial charge in [-0.1, -0.05) is 13.0 Å². The molecule has 0 bridgehead atoms. The van der Waals surface area contributed by atoms with Crippen LogP contribution in [0.5, 0.6) is 0 Å². The Labute approximate surface area is 75.3 Å². The Morgan fingerprint density at radius 3 is 2.62 bits per heavy atom. The number of benzene rings is 1. The number of hydrogen-bond donors (Lipinski definition) is 0. The molecular formula is C9H9FNO2. The first kappa shape index (κ1) is 9.64. The zero-order valence-electron chi connectivity index (χ0n) is 7.16. The molecule has 0 aliphatic rings. The molecule has 0 aliphatic heterocycles. The van der Waals surface area contributed by atoms with E-state index in [0.29, 0.717) is 5.56 Å². The van der Waals surface area contributed by atoms with Gasteiger partial charge in [0.15, 0.2) is 0 Å². The smallest absolute Gasteiger partial charge is 0.258 e. The van der Waals surface area contributed by atoms with Gasteiger partial charge in [-0.25, -0.2) is 0 Å². The quantitative estimate of drug-likeness (QED) is 0.521. The fraction of sp³-hybridized carbons (Fsp3) is 0.222. The summed E-state index contributed by atoms with van der Waals surface area (Å²) in [5, 5.41) is 10.3. The van der Waals surface area contributed by atoms with Crippen LogP contribution in [0.4, 0.5) is 10.1 Å². The summed E-state index contributed by atoms with van der Waals surface area (Å²) in [7, 11) is 0. The monoisotopic (exact) mass is 182 g/mol. The molecule has 0 N–H and O–H groups in total. The van der Waals surface area contributed by atoms with Gasteiger partial charge in [0.2, 0.25) is 5.82 Å². The molecule has 0 amide bonds. The van der Waals surface area contributed by atoms with Crippen LogP contribution in [-0.4, -0.2) is 4.92 Å². The third kappa shape index (κ3) is 2.02. The highest BCUT2D eigenvalue weighted by molar-refractivity contribution is 5.36. The minimum absolute atomic E-state index is 0.0738. The Kier molecular flexibility index (Phi) is 2.60. The van der Waals surface area contributed by atoms with E-state index < -0.39 is 16.4 Å². The lowest BCUT2D eigenvalue weighted by Crippen LogP contribution is -1.95. The number of halogens is 1. The van der Waals surface area contributed by atoms with Crippen LogP contribution >= 0.6 is 0 Å². The van der Waals surface area contributed by atoms with Crippen molar-refractivity contribution in [1.82, 2.24) is 0 Å². The van der Waals surface area contributed by atoms with Gasteiger partial charge < -0.3 is 0 Å². The maximum atomic E-state index is 13.0. The predicted octanol–water partition coefficient (Wildman–Crippen LogP) is 2.67. The zero-order chi connectivity index (χ0) is 10.0. The number of hydrogen-bond acceptors (Lipinski definition) is 2. The second-order valence-corrected chi connectivity index (χ2v) is 2.87. The zero-order valence-corrected chi connectivity index (χ0v) is 7.16. The molecule has 1 atom stereocenters. The van der Waals surface area contributed by atoms with Gasteiger partial charge in [0, 0.05) is 6.07 Å². The Morgan fingerprint density at radius 2 is 2.23 bits per heavy atom. The first-order valence-corrected chi connectivity index (χ1v) is 3.79. The summed E-state index contributed by atoms with van der Waals surface area (Å²) in [4.78, 5) is 9.51. The van der Waals surface area contributed by atoms with Crippen LogP contribution in [0.3, 0.4) is 0 Å². The summed E-state index contributed by atoms with van der Waals surface area (Å²) < 4.78 is 13.0. The van der Waals surface area contributed by atoms with Crippen molar-refractivity contribution >= 4 is 5.69 Å². The van der Waals surface area contributed by atoms with Gasteiger partial charge in [-0.2, -0.15) is 4.39 Å². The van der Waals surface area contributed by atoms with Crippen LogP contribution in [0, 0.1) is 22.9 Å². The second kappa shape index (κ2) is 3.51. The Bertz CT molecular complexity index is 336. The summed E-state index contributed by atoms with van der Waals surface area (Å²) in [6, 6.07) is 3.82. The van der Waals surface area contributed by atoms with Crippen molar-refractivity contribution in [2.45, 2.75) is 12.8 Å². The van der Waals surface area contributed by atoms with Crippen molar-refractivity contribution in [1.29, 1.82) is 0 Å². The van der Waals surface area contributed by atoms with E-state index >= 15 is 0 Å². The minimum Gasteiger partial charge on any atom is -0.258 e. The molecule has 0 saturated carbocycles. The number of rotatable bonds is 2. The average molecular weight is 182 g/mol. The highest BCUT2D eigenvalue weighted by atomic mass is 19.1. The topological polar surface area (TPSA) is 43.1 Å². The fourth-order valence-corrected chi connectivity index (χ4v) is 0.978. The predicted molar refractivity (Wildman–Crippen MR) is 46.8 cm³/mol. The molecule has 1 aromatic carbocycles. The molecule has 0 aliphatic carbocycles. The van der Waals surface area contributed by atoms with E-state index in [1.165, 1.54) is 6.07 Å². The Morgan fingerprint density at radius 1 is 1.62 bits per heavy atom. The Balaban J connectivity index is 3.13. The lowest BCUT2D eigenvalue weighted by molar-refractivity contribution is -0.387. The lowest BCUT2D eigenvalue weighted by atomic mass is 10.0. The van der Waals surface area contributed by atoms with Gasteiger partial charge in [0.25, 0.3) is 0 Å². The van der Waals surface area contributed by atoms with Crippen molar-refractivity contribution in [3.8, 4) is 0 Å². The second-order valence-electron chi connectivity index (χ2n) is 2.87. The summed E-state index contributed by atoms with van der Waals surface area (Å²) in [5.41, 5.74) is 0.160. The first-order valence-electron chi connectivity index (χ1n) is 3.79. The standard InChI is InChI=1S/C9H9FNO2/c1-6(2)7-3-4-9(11(12)13)8(10)5-7/h3-6H,1H2,2H3. The van der Waals surface area contributed by atoms with Crippen molar-refractivity contribution < 1.29 is 9.31 Å². The summed E-state index contributed by atoms with van der Waals surface area (Å²) in [6.07, 6.45) is 0. The SMILES string of the molecule is [CH2]C(C)c1ccc([N+](=O)[O-])c(F)c1. The van der Waals surface area contributed by atoms with Crippen LogP contribution in [0.15, 0.2) is 18.2 Å². The van der Waals surface area contributed by atoms with Gasteiger partial charge >= 0.3 is 5.69 Å². The number of nitro benzene ring substituents is 1. The van der Waals surface area contributed by atoms with Gasteiger partial charge in [0.05, 0.1) is 4.92 Å². The van der Waals surface area contributed by atoms with Crippen molar-refractivity contribution in [3.63, 3.8) is 0 Å². The lowest BCUT2D eigenvalue weighted by Gasteiger charge is -2.03. The highest BCUT2D eigenvalue weighted by Gasteiger charge is 2.14. The summed E-state index contributed by atoms with van der Waals surface area (Å²) in [5.74, 6) is -0.881. The van der Waals surface area contributed by atoms with Gasteiger partial charge in [0.1, 0.15) is 0 Å². The van der Waals surface area contributed by atoms with Crippen LogP contribution in [-0.2, 0) is 0 Å². The molecule has 4 heteroatoms. The van der Waals surface area contributed by atoms with E-state index in [2.05, 4.69) is 6.92 Å². The molecule has 1 rings (SSSR count). The van der Waals surface area contributed by atoms with Crippen LogP contribution in [0.2, 0.25) is 0 Å². The van der Waals surface area contributed by atoms with Crippen LogP contribution < -0.4 is 0 Å². The normalized spacial score (nSPS) is 10.5.